The molecule has 0 aliphatic rings. The highest BCUT2D eigenvalue weighted by molar-refractivity contribution is 6.00. The third-order valence-corrected chi connectivity index (χ3v) is 3.57. The van der Waals surface area contributed by atoms with Gasteiger partial charge in [0.15, 0.2) is 6.10 Å². The smallest absolute Gasteiger partial charge is 0.273 e. The van der Waals surface area contributed by atoms with Gasteiger partial charge in [0.2, 0.25) is 0 Å². The first-order valence-electron chi connectivity index (χ1n) is 7.29. The van der Waals surface area contributed by atoms with E-state index in [2.05, 4.69) is 10.5 Å². The third kappa shape index (κ3) is 3.44. The average molecular weight is 304 g/mol. The highest BCUT2D eigenvalue weighted by atomic mass is 16.3. The number of nitrogens with zero attached hydrogens (tertiary/aromatic N) is 1. The van der Waals surface area contributed by atoms with Gasteiger partial charge in [0.1, 0.15) is 0 Å². The van der Waals surface area contributed by atoms with Crippen molar-refractivity contribution in [3.05, 3.63) is 83.9 Å². The highest BCUT2D eigenvalue weighted by Gasteiger charge is 2.15. The number of hydrogen-bond donors (Lipinski definition) is 2. The van der Waals surface area contributed by atoms with E-state index >= 15 is 0 Å². The summed E-state index contributed by atoms with van der Waals surface area (Å²) >= 11 is 0. The van der Waals surface area contributed by atoms with Crippen molar-refractivity contribution in [3.8, 4) is 0 Å². The lowest BCUT2D eigenvalue weighted by Gasteiger charge is -2.08. The molecule has 1 amide bonds. The van der Waals surface area contributed by atoms with Crippen LogP contribution in [0.2, 0.25) is 0 Å². The van der Waals surface area contributed by atoms with Gasteiger partial charge < -0.3 is 5.11 Å². The fraction of sp³-hybridized carbons (Fsp3) is 0.0526. The lowest BCUT2D eigenvalue weighted by molar-refractivity contribution is -0.129. The van der Waals surface area contributed by atoms with E-state index in [9.17, 15) is 9.90 Å². The van der Waals surface area contributed by atoms with Crippen LogP contribution in [-0.4, -0.2) is 17.2 Å². The summed E-state index contributed by atoms with van der Waals surface area (Å²) < 4.78 is 0. The minimum atomic E-state index is -1.24. The van der Waals surface area contributed by atoms with Crippen LogP contribution in [0.4, 0.5) is 0 Å². The normalized spacial score (nSPS) is 12.4. The molecule has 23 heavy (non-hydrogen) atoms. The second-order valence-electron chi connectivity index (χ2n) is 5.12. The van der Waals surface area contributed by atoms with Gasteiger partial charge in [0.25, 0.3) is 5.91 Å². The summed E-state index contributed by atoms with van der Waals surface area (Å²) in [7, 11) is 0. The van der Waals surface area contributed by atoms with Crippen molar-refractivity contribution < 1.29 is 9.90 Å². The molecule has 3 aromatic carbocycles. The van der Waals surface area contributed by atoms with E-state index < -0.39 is 12.0 Å². The van der Waals surface area contributed by atoms with Gasteiger partial charge in [-0.3, -0.25) is 4.79 Å². The zero-order valence-corrected chi connectivity index (χ0v) is 12.4. The quantitative estimate of drug-likeness (QED) is 0.575. The van der Waals surface area contributed by atoms with E-state index in [1.807, 2.05) is 48.5 Å². The van der Waals surface area contributed by atoms with Crippen LogP contribution in [0.15, 0.2) is 77.9 Å². The van der Waals surface area contributed by atoms with Gasteiger partial charge in [-0.05, 0) is 16.3 Å². The van der Waals surface area contributed by atoms with Crippen LogP contribution in [-0.2, 0) is 4.79 Å². The Morgan fingerprint density at radius 3 is 2.48 bits per heavy atom. The van der Waals surface area contributed by atoms with Crippen LogP contribution in [0.3, 0.4) is 0 Å². The molecule has 1 atom stereocenters. The molecule has 2 N–H and O–H groups in total. The van der Waals surface area contributed by atoms with Crippen LogP contribution in [0.5, 0.6) is 0 Å². The number of rotatable bonds is 4. The molecule has 4 heteroatoms. The molecule has 114 valence electrons. The summed E-state index contributed by atoms with van der Waals surface area (Å²) in [6.45, 7) is 0. The van der Waals surface area contributed by atoms with Crippen molar-refractivity contribution in [1.29, 1.82) is 0 Å². The topological polar surface area (TPSA) is 61.7 Å². The SMILES string of the molecule is O=C(NN=Cc1cccc2ccccc12)C(O)c1ccccc1. The maximum atomic E-state index is 11.9. The Kier molecular flexibility index (Phi) is 4.45. The number of nitrogens with one attached hydrogen (secondary N) is 1. The first kappa shape index (κ1) is 14.9. The number of aliphatic hydroxyl groups excluding tert-OH is 1. The van der Waals surface area contributed by atoms with E-state index in [-0.39, 0.29) is 0 Å². The summed E-state index contributed by atoms with van der Waals surface area (Å²) in [5.74, 6) is -0.562. The van der Waals surface area contributed by atoms with Crippen molar-refractivity contribution in [2.45, 2.75) is 6.10 Å². The van der Waals surface area contributed by atoms with Crippen molar-refractivity contribution >= 4 is 22.9 Å². The van der Waals surface area contributed by atoms with Crippen LogP contribution in [0.1, 0.15) is 17.2 Å². The molecular weight excluding hydrogens is 288 g/mol. The number of hydrazone groups is 1. The zero-order chi connectivity index (χ0) is 16.1. The highest BCUT2D eigenvalue weighted by Crippen LogP contribution is 2.17. The van der Waals surface area contributed by atoms with Gasteiger partial charge in [-0.25, -0.2) is 5.43 Å². The molecule has 1 unspecified atom stereocenters. The van der Waals surface area contributed by atoms with Crippen LogP contribution in [0, 0.1) is 0 Å². The van der Waals surface area contributed by atoms with Gasteiger partial charge in [-0.2, -0.15) is 5.10 Å². The van der Waals surface area contributed by atoms with Crippen LogP contribution in [0.25, 0.3) is 10.8 Å². The molecule has 0 aliphatic carbocycles. The van der Waals surface area contributed by atoms with Gasteiger partial charge in [0.05, 0.1) is 6.21 Å². The Labute approximate surface area is 134 Å². The summed E-state index contributed by atoms with van der Waals surface area (Å²) in [5, 5.41) is 16.1. The van der Waals surface area contributed by atoms with Crippen LogP contribution < -0.4 is 5.43 Å². The standard InChI is InChI=1S/C19H16N2O2/c22-18(15-8-2-1-3-9-15)19(23)21-20-13-16-11-6-10-14-7-4-5-12-17(14)16/h1-13,18,22H,(H,21,23). The minimum absolute atomic E-state index is 0.533. The number of aliphatic hydroxyl groups is 1. The predicted molar refractivity (Wildman–Crippen MR) is 91.1 cm³/mol. The van der Waals surface area contributed by atoms with E-state index in [4.69, 9.17) is 0 Å². The third-order valence-electron chi connectivity index (χ3n) is 3.57. The maximum Gasteiger partial charge on any atom is 0.273 e. The Morgan fingerprint density at radius 2 is 1.65 bits per heavy atom. The summed E-state index contributed by atoms with van der Waals surface area (Å²) in [6, 6.07) is 22.6. The molecular formula is C19H16N2O2. The molecule has 3 rings (SSSR count). The summed E-state index contributed by atoms with van der Waals surface area (Å²) in [5.41, 5.74) is 3.81. The Hall–Kier alpha value is -2.98. The van der Waals surface area contributed by atoms with Gasteiger partial charge >= 0.3 is 0 Å². The molecule has 0 saturated carbocycles. The van der Waals surface area contributed by atoms with Crippen LogP contribution >= 0.6 is 0 Å². The second-order valence-corrected chi connectivity index (χ2v) is 5.12. The molecule has 3 aromatic rings. The number of hydrogen-bond acceptors (Lipinski definition) is 3. The fourth-order valence-electron chi connectivity index (χ4n) is 2.38. The molecule has 0 radical (unpaired) electrons. The lowest BCUT2D eigenvalue weighted by atomic mass is 10.1. The predicted octanol–water partition coefficient (Wildman–Crippen LogP) is 3.02. The summed E-state index contributed by atoms with van der Waals surface area (Å²) in [6.07, 6.45) is 0.346. The van der Waals surface area contributed by atoms with E-state index in [1.54, 1.807) is 30.5 Å². The Bertz CT molecular complexity index is 839. The molecule has 4 nitrogen and oxygen atoms in total. The number of carbonyl (C=O) groups is 1. The Balaban J connectivity index is 1.72. The molecule has 0 fully saturated rings. The Morgan fingerprint density at radius 1 is 0.957 bits per heavy atom. The molecule has 0 heterocycles. The largest absolute Gasteiger partial charge is 0.378 e. The number of carbonyl (C=O) groups excluding carboxylic acids is 1. The first-order valence-corrected chi connectivity index (χ1v) is 7.29. The van der Waals surface area contributed by atoms with E-state index in [0.29, 0.717) is 5.56 Å². The van der Waals surface area contributed by atoms with Crippen molar-refractivity contribution in [3.63, 3.8) is 0 Å². The van der Waals surface area contributed by atoms with Gasteiger partial charge in [-0.1, -0.05) is 72.8 Å². The second kappa shape index (κ2) is 6.85. The lowest BCUT2D eigenvalue weighted by Crippen LogP contribution is -2.25. The molecule has 0 aromatic heterocycles. The number of benzene rings is 3. The van der Waals surface area contributed by atoms with E-state index in [0.717, 1.165) is 16.3 Å². The van der Waals surface area contributed by atoms with E-state index in [1.165, 1.54) is 0 Å². The molecule has 0 spiro atoms. The van der Waals surface area contributed by atoms with Crippen molar-refractivity contribution in [2.24, 2.45) is 5.10 Å². The molecule has 0 aliphatic heterocycles. The first-order chi connectivity index (χ1) is 11.3. The van der Waals surface area contributed by atoms with Gasteiger partial charge in [0, 0.05) is 5.56 Å². The summed E-state index contributed by atoms with van der Waals surface area (Å²) in [4.78, 5) is 11.9. The minimum Gasteiger partial charge on any atom is -0.378 e. The zero-order valence-electron chi connectivity index (χ0n) is 12.4. The maximum absolute atomic E-state index is 11.9. The number of fused-ring (bicyclic) bond motifs is 1. The monoisotopic (exact) mass is 304 g/mol. The van der Waals surface area contributed by atoms with Crippen molar-refractivity contribution in [2.75, 3.05) is 0 Å². The average Bonchev–Trinajstić information content (AvgIpc) is 2.62. The van der Waals surface area contributed by atoms with Crippen molar-refractivity contribution in [1.82, 2.24) is 5.43 Å². The van der Waals surface area contributed by atoms with Gasteiger partial charge in [-0.15, -0.1) is 0 Å². The number of amides is 1. The molecule has 0 saturated heterocycles. The fourth-order valence-corrected chi connectivity index (χ4v) is 2.38. The molecule has 0 bridgehead atoms.